The zero-order chi connectivity index (χ0) is 30.9. The minimum Gasteiger partial charge on any atom is -0.458 e. The van der Waals surface area contributed by atoms with Crippen LogP contribution in [0.25, 0.3) is 0 Å². The van der Waals surface area contributed by atoms with Gasteiger partial charge in [-0.1, -0.05) is 72.8 Å². The molecule has 10 heteroatoms. The molecule has 2 N–H and O–H groups in total. The predicted octanol–water partition coefficient (Wildman–Crippen LogP) is 4.20. The molecule has 0 bridgehead atoms. The standard InChI is InChI=1S/C34H29NO9/c35-30-29(44-34(39)25-19-11-4-12-20-25)28(43-33(38)24-17-9-3-10-18-24)27(42-30)26(41-32(37)23-15-7-2-8-16-23)21-40-31(36)22-13-5-1-6-14-22/h1-20,26-30H,21,35H2/t26-,27-,28+,29-,30?/m1/s1. The molecule has 1 aliphatic rings. The van der Waals surface area contributed by atoms with E-state index < -0.39 is 61.1 Å². The molecule has 0 aromatic heterocycles. The largest absolute Gasteiger partial charge is 0.458 e. The van der Waals surface area contributed by atoms with Crippen molar-refractivity contribution < 1.29 is 42.9 Å². The number of benzene rings is 4. The highest BCUT2D eigenvalue weighted by atomic mass is 16.7. The first-order chi connectivity index (χ1) is 21.4. The lowest BCUT2D eigenvalue weighted by atomic mass is 10.0. The molecule has 1 saturated heterocycles. The van der Waals surface area contributed by atoms with Gasteiger partial charge < -0.3 is 29.4 Å². The summed E-state index contributed by atoms with van der Waals surface area (Å²) in [6, 6.07) is 32.7. The van der Waals surface area contributed by atoms with Crippen LogP contribution in [0.3, 0.4) is 0 Å². The highest BCUT2D eigenvalue weighted by molar-refractivity contribution is 5.91. The summed E-state index contributed by atoms with van der Waals surface area (Å²) in [6.07, 6.45) is -6.56. The molecule has 1 heterocycles. The highest BCUT2D eigenvalue weighted by Crippen LogP contribution is 2.30. The molecule has 5 rings (SSSR count). The molecule has 1 aliphatic heterocycles. The summed E-state index contributed by atoms with van der Waals surface area (Å²) < 4.78 is 28.8. The van der Waals surface area contributed by atoms with Gasteiger partial charge in [-0.25, -0.2) is 19.2 Å². The molecule has 0 radical (unpaired) electrons. The zero-order valence-corrected chi connectivity index (χ0v) is 23.4. The molecule has 44 heavy (non-hydrogen) atoms. The van der Waals surface area contributed by atoms with Gasteiger partial charge in [-0.15, -0.1) is 0 Å². The summed E-state index contributed by atoms with van der Waals surface area (Å²) >= 11 is 0. The summed E-state index contributed by atoms with van der Waals surface area (Å²) in [4.78, 5) is 52.2. The number of rotatable bonds is 10. The van der Waals surface area contributed by atoms with Gasteiger partial charge in [0.25, 0.3) is 0 Å². The minimum atomic E-state index is -1.35. The minimum absolute atomic E-state index is 0.216. The van der Waals surface area contributed by atoms with Crippen LogP contribution in [0, 0.1) is 0 Å². The van der Waals surface area contributed by atoms with E-state index in [0.29, 0.717) is 0 Å². The van der Waals surface area contributed by atoms with E-state index in [-0.39, 0.29) is 22.3 Å². The van der Waals surface area contributed by atoms with Crippen LogP contribution in [0.2, 0.25) is 0 Å². The Labute approximate surface area is 253 Å². The monoisotopic (exact) mass is 595 g/mol. The third-order valence-corrected chi connectivity index (χ3v) is 6.81. The average molecular weight is 596 g/mol. The number of nitrogens with two attached hydrogens (primary N) is 1. The molecule has 0 aliphatic carbocycles. The van der Waals surface area contributed by atoms with Crippen LogP contribution in [-0.4, -0.2) is 61.1 Å². The third kappa shape index (κ3) is 7.35. The van der Waals surface area contributed by atoms with Gasteiger partial charge in [-0.05, 0) is 48.5 Å². The van der Waals surface area contributed by atoms with E-state index in [1.165, 1.54) is 0 Å². The highest BCUT2D eigenvalue weighted by Gasteiger charge is 2.53. The van der Waals surface area contributed by atoms with E-state index in [9.17, 15) is 19.2 Å². The van der Waals surface area contributed by atoms with Crippen LogP contribution in [0.15, 0.2) is 121 Å². The third-order valence-electron chi connectivity index (χ3n) is 6.81. The Hall–Kier alpha value is -5.32. The first-order valence-electron chi connectivity index (χ1n) is 13.8. The molecule has 1 unspecified atom stereocenters. The maximum absolute atomic E-state index is 13.2. The Bertz CT molecular complexity index is 1570. The van der Waals surface area contributed by atoms with Crippen molar-refractivity contribution in [1.82, 2.24) is 0 Å². The lowest BCUT2D eigenvalue weighted by Crippen LogP contribution is -2.47. The molecule has 5 atom stereocenters. The molecule has 4 aromatic rings. The summed E-state index contributed by atoms with van der Waals surface area (Å²) in [5.41, 5.74) is 7.23. The van der Waals surface area contributed by atoms with Gasteiger partial charge in [-0.3, -0.25) is 0 Å². The molecular formula is C34H29NO9. The van der Waals surface area contributed by atoms with Crippen molar-refractivity contribution in [2.45, 2.75) is 30.6 Å². The molecule has 1 fully saturated rings. The van der Waals surface area contributed by atoms with E-state index >= 15 is 0 Å². The second-order valence-electron chi connectivity index (χ2n) is 9.81. The van der Waals surface area contributed by atoms with E-state index in [0.717, 1.165) is 0 Å². The molecule has 4 aromatic carbocycles. The van der Waals surface area contributed by atoms with Gasteiger partial charge in [0.2, 0.25) is 0 Å². The second-order valence-corrected chi connectivity index (χ2v) is 9.81. The molecule has 0 saturated carbocycles. The van der Waals surface area contributed by atoms with Crippen LogP contribution in [-0.2, 0) is 23.7 Å². The van der Waals surface area contributed by atoms with Gasteiger partial charge in [-0.2, -0.15) is 0 Å². The van der Waals surface area contributed by atoms with Gasteiger partial charge in [0.15, 0.2) is 18.3 Å². The molecule has 224 valence electrons. The summed E-state index contributed by atoms with van der Waals surface area (Å²) in [6.45, 7) is -0.484. The van der Waals surface area contributed by atoms with Gasteiger partial charge in [0.05, 0.1) is 22.3 Å². The van der Waals surface area contributed by atoms with Gasteiger partial charge in [0.1, 0.15) is 18.9 Å². The van der Waals surface area contributed by atoms with Crippen LogP contribution in [0.5, 0.6) is 0 Å². The Morgan fingerprint density at radius 3 is 1.41 bits per heavy atom. The van der Waals surface area contributed by atoms with E-state index in [2.05, 4.69) is 0 Å². The Morgan fingerprint density at radius 1 is 0.568 bits per heavy atom. The number of ether oxygens (including phenoxy) is 5. The first-order valence-corrected chi connectivity index (χ1v) is 13.8. The van der Waals surface area contributed by atoms with E-state index in [4.69, 9.17) is 29.4 Å². The number of hydrogen-bond donors (Lipinski definition) is 1. The van der Waals surface area contributed by atoms with Crippen LogP contribution >= 0.6 is 0 Å². The maximum atomic E-state index is 13.2. The van der Waals surface area contributed by atoms with Crippen molar-refractivity contribution in [3.8, 4) is 0 Å². The summed E-state index contributed by atoms with van der Waals surface area (Å²) in [7, 11) is 0. The van der Waals surface area contributed by atoms with Crippen LogP contribution in [0.1, 0.15) is 41.4 Å². The fourth-order valence-electron chi connectivity index (χ4n) is 4.60. The fraction of sp³-hybridized carbons (Fsp3) is 0.176. The van der Waals surface area contributed by atoms with Crippen molar-refractivity contribution in [3.05, 3.63) is 144 Å². The average Bonchev–Trinajstić information content (AvgIpc) is 3.37. The summed E-state index contributed by atoms with van der Waals surface area (Å²) in [5.74, 6) is -2.92. The maximum Gasteiger partial charge on any atom is 0.338 e. The van der Waals surface area contributed by atoms with Crippen molar-refractivity contribution in [3.63, 3.8) is 0 Å². The number of esters is 4. The lowest BCUT2D eigenvalue weighted by Gasteiger charge is -2.28. The molecule has 0 amide bonds. The van der Waals surface area contributed by atoms with Crippen LogP contribution in [0.4, 0.5) is 0 Å². The van der Waals surface area contributed by atoms with Crippen molar-refractivity contribution in [2.24, 2.45) is 5.73 Å². The molecule has 10 nitrogen and oxygen atoms in total. The quantitative estimate of drug-likeness (QED) is 0.209. The van der Waals surface area contributed by atoms with Crippen molar-refractivity contribution in [2.75, 3.05) is 6.61 Å². The van der Waals surface area contributed by atoms with Gasteiger partial charge >= 0.3 is 23.9 Å². The van der Waals surface area contributed by atoms with Gasteiger partial charge in [0, 0.05) is 0 Å². The molecular weight excluding hydrogens is 566 g/mol. The molecule has 0 spiro atoms. The Morgan fingerprint density at radius 2 is 0.955 bits per heavy atom. The normalized spacial score (nSPS) is 19.8. The topological polar surface area (TPSA) is 140 Å². The number of carbonyl (C=O) groups is 4. The fourth-order valence-corrected chi connectivity index (χ4v) is 4.60. The van der Waals surface area contributed by atoms with E-state index in [1.54, 1.807) is 121 Å². The van der Waals surface area contributed by atoms with Crippen molar-refractivity contribution in [1.29, 1.82) is 0 Å². The smallest absolute Gasteiger partial charge is 0.338 e. The number of hydrogen-bond acceptors (Lipinski definition) is 10. The van der Waals surface area contributed by atoms with E-state index in [1.807, 2.05) is 0 Å². The summed E-state index contributed by atoms with van der Waals surface area (Å²) in [5, 5.41) is 0. The number of carbonyl (C=O) groups excluding carboxylic acids is 4. The predicted molar refractivity (Wildman–Crippen MR) is 157 cm³/mol. The van der Waals surface area contributed by atoms with Crippen molar-refractivity contribution >= 4 is 23.9 Å². The first kappa shape index (κ1) is 30.1. The Kier molecular flexibility index (Phi) is 9.75. The zero-order valence-electron chi connectivity index (χ0n) is 23.4. The lowest BCUT2D eigenvalue weighted by molar-refractivity contribution is -0.0953. The Balaban J connectivity index is 1.45. The second kappa shape index (κ2) is 14.2. The SMILES string of the molecule is NC1O[C@H]([C@@H](COC(=O)c2ccccc2)OC(=O)c2ccccc2)[C@H](OC(=O)c2ccccc2)[C@H]1OC(=O)c1ccccc1. The van der Waals surface area contributed by atoms with Crippen LogP contribution < -0.4 is 5.73 Å².